The smallest absolute Gasteiger partial charge is 0.303 e. The van der Waals surface area contributed by atoms with Crippen LogP contribution in [0.2, 0.25) is 0 Å². The van der Waals surface area contributed by atoms with E-state index in [2.05, 4.69) is 13.0 Å². The highest BCUT2D eigenvalue weighted by Gasteiger charge is 2.18. The molecule has 2 nitrogen and oxygen atoms in total. The second-order valence-electron chi connectivity index (χ2n) is 4.55. The summed E-state index contributed by atoms with van der Waals surface area (Å²) in [5.74, 6) is -0.218. The fraction of sp³-hybridized carbons (Fsp3) is 0.769. The zero-order valence-corrected chi connectivity index (χ0v) is 9.67. The average Bonchev–Trinajstić information content (AvgIpc) is 2.20. The minimum Gasteiger partial charge on any atom is -0.481 e. The van der Waals surface area contributed by atoms with Crippen molar-refractivity contribution in [2.75, 3.05) is 0 Å². The summed E-state index contributed by atoms with van der Waals surface area (Å²) in [6.07, 6.45) is 10.9. The standard InChI is InChI=1S/C13H22O2/c1-2-3-4-5-11-6-8-12(9-7-11)10-13(14)15/h5,12H,2-4,6-10H2,1H3,(H,14,15). The van der Waals surface area contributed by atoms with Crippen molar-refractivity contribution in [2.45, 2.75) is 58.3 Å². The number of unbranched alkanes of at least 4 members (excludes halogenated alkanes) is 2. The van der Waals surface area contributed by atoms with Gasteiger partial charge in [-0.1, -0.05) is 31.4 Å². The number of hydrogen-bond donors (Lipinski definition) is 1. The van der Waals surface area contributed by atoms with Crippen LogP contribution in [0.15, 0.2) is 11.6 Å². The molecule has 0 aromatic rings. The lowest BCUT2D eigenvalue weighted by atomic mass is 9.83. The highest BCUT2D eigenvalue weighted by atomic mass is 16.4. The molecule has 0 aromatic heterocycles. The number of carbonyl (C=O) groups is 1. The van der Waals surface area contributed by atoms with Crippen LogP contribution in [0.1, 0.15) is 58.3 Å². The van der Waals surface area contributed by atoms with Gasteiger partial charge in [0, 0.05) is 6.42 Å². The van der Waals surface area contributed by atoms with Gasteiger partial charge < -0.3 is 5.11 Å². The van der Waals surface area contributed by atoms with Crippen LogP contribution in [0.4, 0.5) is 0 Å². The van der Waals surface area contributed by atoms with Crippen molar-refractivity contribution >= 4 is 5.97 Å². The van der Waals surface area contributed by atoms with Crippen molar-refractivity contribution in [1.82, 2.24) is 0 Å². The molecule has 2 heteroatoms. The first-order valence-corrected chi connectivity index (χ1v) is 6.12. The predicted molar refractivity (Wildman–Crippen MR) is 61.8 cm³/mol. The van der Waals surface area contributed by atoms with E-state index in [-0.39, 0.29) is 0 Å². The maximum Gasteiger partial charge on any atom is 0.303 e. The average molecular weight is 210 g/mol. The molecule has 0 aromatic carbocycles. The van der Waals surface area contributed by atoms with E-state index < -0.39 is 5.97 Å². The Labute approximate surface area is 92.4 Å². The molecule has 0 unspecified atom stereocenters. The Morgan fingerprint density at radius 2 is 2.13 bits per heavy atom. The third-order valence-corrected chi connectivity index (χ3v) is 3.20. The van der Waals surface area contributed by atoms with E-state index in [0.29, 0.717) is 12.3 Å². The molecule has 86 valence electrons. The lowest BCUT2D eigenvalue weighted by Crippen LogP contribution is -2.12. The second kappa shape index (κ2) is 6.65. The van der Waals surface area contributed by atoms with Crippen LogP contribution in [0.5, 0.6) is 0 Å². The molecule has 1 saturated carbocycles. The Morgan fingerprint density at radius 3 is 2.67 bits per heavy atom. The van der Waals surface area contributed by atoms with Crippen LogP contribution in [-0.2, 0) is 4.79 Å². The highest BCUT2D eigenvalue weighted by molar-refractivity contribution is 5.67. The third-order valence-electron chi connectivity index (χ3n) is 3.20. The van der Waals surface area contributed by atoms with Gasteiger partial charge in [0.05, 0.1) is 0 Å². The van der Waals surface area contributed by atoms with E-state index in [1.54, 1.807) is 5.57 Å². The summed E-state index contributed by atoms with van der Waals surface area (Å²) in [5, 5.41) is 8.69. The summed E-state index contributed by atoms with van der Waals surface area (Å²) >= 11 is 0. The first kappa shape index (κ1) is 12.3. The number of allylic oxidation sites excluding steroid dienone is 2. The van der Waals surface area contributed by atoms with Gasteiger partial charge in [-0.05, 0) is 38.0 Å². The number of carboxylic acids is 1. The summed E-state index contributed by atoms with van der Waals surface area (Å²) in [6, 6.07) is 0. The largest absolute Gasteiger partial charge is 0.481 e. The molecule has 15 heavy (non-hydrogen) atoms. The monoisotopic (exact) mass is 210 g/mol. The van der Waals surface area contributed by atoms with E-state index >= 15 is 0 Å². The summed E-state index contributed by atoms with van der Waals surface area (Å²) in [5.41, 5.74) is 1.56. The first-order valence-electron chi connectivity index (χ1n) is 6.12. The van der Waals surface area contributed by atoms with Gasteiger partial charge in [-0.25, -0.2) is 0 Å². The van der Waals surface area contributed by atoms with Gasteiger partial charge in [-0.2, -0.15) is 0 Å². The lowest BCUT2D eigenvalue weighted by Gasteiger charge is -2.22. The molecule has 1 rings (SSSR count). The molecule has 0 amide bonds. The van der Waals surface area contributed by atoms with Crippen LogP contribution in [-0.4, -0.2) is 11.1 Å². The molecule has 1 N–H and O–H groups in total. The first-order chi connectivity index (χ1) is 7.22. The molecular weight excluding hydrogens is 188 g/mol. The van der Waals surface area contributed by atoms with Gasteiger partial charge in [0.25, 0.3) is 0 Å². The zero-order chi connectivity index (χ0) is 11.1. The van der Waals surface area contributed by atoms with Gasteiger partial charge in [-0.15, -0.1) is 0 Å². The molecule has 0 saturated heterocycles. The highest BCUT2D eigenvalue weighted by Crippen LogP contribution is 2.30. The van der Waals surface area contributed by atoms with Crippen LogP contribution < -0.4 is 0 Å². The van der Waals surface area contributed by atoms with Crippen molar-refractivity contribution < 1.29 is 9.90 Å². The van der Waals surface area contributed by atoms with Gasteiger partial charge >= 0.3 is 5.97 Å². The lowest BCUT2D eigenvalue weighted by molar-refractivity contribution is -0.138. The SMILES string of the molecule is CCCCC=C1CCC(CC(=O)O)CC1. The number of hydrogen-bond acceptors (Lipinski definition) is 1. The maximum absolute atomic E-state index is 10.5. The van der Waals surface area contributed by atoms with E-state index in [1.165, 1.54) is 19.3 Å². The topological polar surface area (TPSA) is 37.3 Å². The third kappa shape index (κ3) is 5.01. The Kier molecular flexibility index (Phi) is 5.44. The molecule has 1 fully saturated rings. The van der Waals surface area contributed by atoms with Crippen molar-refractivity contribution in [3.63, 3.8) is 0 Å². The molecule has 0 heterocycles. The molecule has 1 aliphatic carbocycles. The fourth-order valence-corrected chi connectivity index (χ4v) is 2.21. The molecule has 0 spiro atoms. The van der Waals surface area contributed by atoms with E-state index in [0.717, 1.165) is 25.7 Å². The number of aliphatic carboxylic acids is 1. The Balaban J connectivity index is 2.23. The molecular formula is C13H22O2. The fourth-order valence-electron chi connectivity index (χ4n) is 2.21. The zero-order valence-electron chi connectivity index (χ0n) is 9.67. The second-order valence-corrected chi connectivity index (χ2v) is 4.55. The molecule has 0 aliphatic heterocycles. The molecule has 0 atom stereocenters. The minimum atomic E-state index is -0.640. The van der Waals surface area contributed by atoms with Crippen LogP contribution in [0.3, 0.4) is 0 Å². The summed E-state index contributed by atoms with van der Waals surface area (Å²) in [6.45, 7) is 2.21. The van der Waals surface area contributed by atoms with Gasteiger partial charge in [-0.3, -0.25) is 4.79 Å². The summed E-state index contributed by atoms with van der Waals surface area (Å²) in [7, 11) is 0. The maximum atomic E-state index is 10.5. The Morgan fingerprint density at radius 1 is 1.47 bits per heavy atom. The Hall–Kier alpha value is -0.790. The molecule has 1 aliphatic rings. The van der Waals surface area contributed by atoms with E-state index in [9.17, 15) is 4.79 Å². The van der Waals surface area contributed by atoms with Gasteiger partial charge in [0.15, 0.2) is 0 Å². The van der Waals surface area contributed by atoms with Crippen LogP contribution in [0.25, 0.3) is 0 Å². The Bertz CT molecular complexity index is 221. The van der Waals surface area contributed by atoms with Crippen LogP contribution >= 0.6 is 0 Å². The summed E-state index contributed by atoms with van der Waals surface area (Å²) in [4.78, 5) is 10.5. The quantitative estimate of drug-likeness (QED) is 0.554. The summed E-state index contributed by atoms with van der Waals surface area (Å²) < 4.78 is 0. The molecule has 0 bridgehead atoms. The van der Waals surface area contributed by atoms with Crippen molar-refractivity contribution in [3.8, 4) is 0 Å². The molecule has 0 radical (unpaired) electrons. The van der Waals surface area contributed by atoms with Crippen LogP contribution in [0, 0.1) is 5.92 Å². The van der Waals surface area contributed by atoms with Gasteiger partial charge in [0.1, 0.15) is 0 Å². The number of carboxylic acid groups (broad SMARTS) is 1. The van der Waals surface area contributed by atoms with Crippen molar-refractivity contribution in [1.29, 1.82) is 0 Å². The minimum absolute atomic E-state index is 0.363. The van der Waals surface area contributed by atoms with Crippen molar-refractivity contribution in [3.05, 3.63) is 11.6 Å². The van der Waals surface area contributed by atoms with Crippen molar-refractivity contribution in [2.24, 2.45) is 5.92 Å². The predicted octanol–water partition coefficient (Wildman–Crippen LogP) is 3.77. The van der Waals surface area contributed by atoms with E-state index in [4.69, 9.17) is 5.11 Å². The van der Waals surface area contributed by atoms with Gasteiger partial charge in [0.2, 0.25) is 0 Å². The van der Waals surface area contributed by atoms with E-state index in [1.807, 2.05) is 0 Å². The number of rotatable bonds is 5. The normalized spacial score (nSPS) is 21.4.